The van der Waals surface area contributed by atoms with E-state index in [0.717, 1.165) is 31.7 Å². The molecule has 0 bridgehead atoms. The molecule has 1 heterocycles. The van der Waals surface area contributed by atoms with Gasteiger partial charge in [0.05, 0.1) is 17.2 Å². The first kappa shape index (κ1) is 28.1. The summed E-state index contributed by atoms with van der Waals surface area (Å²) in [5.41, 5.74) is 0.874. The number of aromatic hydroxyl groups is 1. The average molecular weight is 538 g/mol. The van der Waals surface area contributed by atoms with E-state index in [1.165, 1.54) is 6.07 Å². The standard InChI is InChI=1S/C26H33Cl2N3O5/c1-3-35-26(34)21(10-9-18-7-5-4-6-8-18)29-25(33)19-17-20(27)24(22(28)23(19)32)36-16-15-31-13-11-30(2)12-14-31/h4-8,17,21,32H,3,9-16H2,1-2H3,(H,29,33)/t21-/m0/s1. The van der Waals surface area contributed by atoms with Gasteiger partial charge in [0.2, 0.25) is 0 Å². The minimum atomic E-state index is -0.908. The average Bonchev–Trinajstić information content (AvgIpc) is 2.87. The highest BCUT2D eigenvalue weighted by molar-refractivity contribution is 6.39. The number of carbonyl (C=O) groups excluding carboxylic acids is 2. The van der Waals surface area contributed by atoms with Crippen LogP contribution in [0, 0.1) is 0 Å². The van der Waals surface area contributed by atoms with Gasteiger partial charge in [-0.3, -0.25) is 9.69 Å². The Balaban J connectivity index is 1.66. The van der Waals surface area contributed by atoms with Crippen LogP contribution in [0.1, 0.15) is 29.3 Å². The summed E-state index contributed by atoms with van der Waals surface area (Å²) in [5.74, 6) is -1.58. The van der Waals surface area contributed by atoms with Gasteiger partial charge >= 0.3 is 5.97 Å². The number of halogens is 2. The first-order chi connectivity index (χ1) is 17.3. The number of nitrogens with one attached hydrogen (secondary N) is 1. The molecule has 1 aliphatic rings. The summed E-state index contributed by atoms with van der Waals surface area (Å²) in [6.45, 7) is 6.76. The highest BCUT2D eigenvalue weighted by Crippen LogP contribution is 2.42. The molecule has 2 aromatic rings. The van der Waals surface area contributed by atoms with Crippen molar-refractivity contribution in [3.63, 3.8) is 0 Å². The number of hydrogen-bond acceptors (Lipinski definition) is 7. The van der Waals surface area contributed by atoms with Crippen LogP contribution in [0.4, 0.5) is 0 Å². The van der Waals surface area contributed by atoms with E-state index in [2.05, 4.69) is 22.2 Å². The Labute approximate surface area is 222 Å². The van der Waals surface area contributed by atoms with Crippen molar-refractivity contribution in [1.29, 1.82) is 0 Å². The van der Waals surface area contributed by atoms with Crippen molar-refractivity contribution < 1.29 is 24.2 Å². The Morgan fingerprint density at radius 3 is 2.50 bits per heavy atom. The summed E-state index contributed by atoms with van der Waals surface area (Å²) < 4.78 is 10.9. The fraction of sp³-hybridized carbons (Fsp3) is 0.462. The predicted molar refractivity (Wildman–Crippen MR) is 140 cm³/mol. The van der Waals surface area contributed by atoms with Crippen molar-refractivity contribution in [3.05, 3.63) is 57.6 Å². The van der Waals surface area contributed by atoms with Crippen LogP contribution in [-0.2, 0) is 16.0 Å². The highest BCUT2D eigenvalue weighted by atomic mass is 35.5. The Morgan fingerprint density at radius 1 is 1.14 bits per heavy atom. The number of benzene rings is 2. The number of aryl methyl sites for hydroxylation is 1. The smallest absolute Gasteiger partial charge is 0.328 e. The van der Waals surface area contributed by atoms with Crippen LogP contribution in [0.2, 0.25) is 10.0 Å². The third-order valence-electron chi connectivity index (χ3n) is 6.09. The molecule has 0 radical (unpaired) electrons. The molecule has 2 aromatic carbocycles. The molecule has 1 atom stereocenters. The van der Waals surface area contributed by atoms with Gasteiger partial charge in [-0.2, -0.15) is 0 Å². The molecule has 2 N–H and O–H groups in total. The van der Waals surface area contributed by atoms with Crippen LogP contribution >= 0.6 is 23.2 Å². The summed E-state index contributed by atoms with van der Waals surface area (Å²) in [6.07, 6.45) is 0.877. The zero-order chi connectivity index (χ0) is 26.1. The summed E-state index contributed by atoms with van der Waals surface area (Å²) in [6, 6.07) is 9.99. The maximum atomic E-state index is 13.0. The fourth-order valence-corrected chi connectivity index (χ4v) is 4.49. The van der Waals surface area contributed by atoms with Gasteiger partial charge < -0.3 is 24.8 Å². The lowest BCUT2D eigenvalue weighted by molar-refractivity contribution is -0.145. The van der Waals surface area contributed by atoms with Crippen molar-refractivity contribution in [3.8, 4) is 11.5 Å². The van der Waals surface area contributed by atoms with Crippen LogP contribution < -0.4 is 10.1 Å². The molecule has 0 aliphatic carbocycles. The van der Waals surface area contributed by atoms with Gasteiger partial charge in [-0.25, -0.2) is 4.79 Å². The Hall–Kier alpha value is -2.52. The summed E-state index contributed by atoms with van der Waals surface area (Å²) in [5, 5.41) is 13.2. The quantitative estimate of drug-likeness (QED) is 0.423. The monoisotopic (exact) mass is 537 g/mol. The van der Waals surface area contributed by atoms with Crippen LogP contribution in [0.25, 0.3) is 0 Å². The van der Waals surface area contributed by atoms with E-state index in [9.17, 15) is 14.7 Å². The number of phenols is 1. The number of esters is 1. The molecule has 0 aromatic heterocycles. The van der Waals surface area contributed by atoms with E-state index in [0.29, 0.717) is 26.0 Å². The van der Waals surface area contributed by atoms with E-state index in [4.69, 9.17) is 32.7 Å². The van der Waals surface area contributed by atoms with E-state index < -0.39 is 23.7 Å². The Bertz CT molecular complexity index is 1030. The largest absolute Gasteiger partial charge is 0.505 e. The number of phenolic OH excluding ortho intramolecular Hbond substituents is 1. The molecule has 0 unspecified atom stereocenters. The normalized spacial score (nSPS) is 15.3. The predicted octanol–water partition coefficient (Wildman–Crippen LogP) is 3.62. The summed E-state index contributed by atoms with van der Waals surface area (Å²) in [4.78, 5) is 30.0. The third-order valence-corrected chi connectivity index (χ3v) is 6.72. The summed E-state index contributed by atoms with van der Waals surface area (Å²) >= 11 is 12.7. The number of likely N-dealkylation sites (N-methyl/N-ethyl adjacent to an activating group) is 1. The Morgan fingerprint density at radius 2 is 1.83 bits per heavy atom. The number of nitrogens with zero attached hydrogens (tertiary/aromatic N) is 2. The van der Waals surface area contributed by atoms with Crippen LogP contribution in [-0.4, -0.2) is 85.8 Å². The SMILES string of the molecule is CCOC(=O)[C@H](CCc1ccccc1)NC(=O)c1cc(Cl)c(OCCN2CCN(C)CC2)c(Cl)c1O. The minimum Gasteiger partial charge on any atom is -0.505 e. The first-order valence-corrected chi connectivity index (χ1v) is 12.8. The number of ether oxygens (including phenoxy) is 2. The number of carbonyl (C=O) groups is 2. The number of piperazine rings is 1. The molecule has 36 heavy (non-hydrogen) atoms. The van der Waals surface area contributed by atoms with Gasteiger partial charge in [-0.1, -0.05) is 53.5 Å². The van der Waals surface area contributed by atoms with Gasteiger partial charge in [0.15, 0.2) is 11.5 Å². The topological polar surface area (TPSA) is 91.3 Å². The molecule has 0 spiro atoms. The van der Waals surface area contributed by atoms with Gasteiger partial charge in [-0.15, -0.1) is 0 Å². The molecular formula is C26H33Cl2N3O5. The maximum Gasteiger partial charge on any atom is 0.328 e. The molecule has 1 amide bonds. The second kappa shape index (κ2) is 13.7. The zero-order valence-corrected chi connectivity index (χ0v) is 22.1. The summed E-state index contributed by atoms with van der Waals surface area (Å²) in [7, 11) is 2.09. The molecule has 3 rings (SSSR count). The first-order valence-electron chi connectivity index (χ1n) is 12.1. The molecule has 196 valence electrons. The van der Waals surface area contributed by atoms with Crippen molar-refractivity contribution in [1.82, 2.24) is 15.1 Å². The van der Waals surface area contributed by atoms with Gasteiger partial charge in [-0.05, 0) is 38.4 Å². The van der Waals surface area contributed by atoms with E-state index in [1.807, 2.05) is 30.3 Å². The third kappa shape index (κ3) is 7.74. The molecule has 10 heteroatoms. The minimum absolute atomic E-state index is 0.0956. The molecule has 1 fully saturated rings. The van der Waals surface area contributed by atoms with Crippen LogP contribution in [0.15, 0.2) is 36.4 Å². The van der Waals surface area contributed by atoms with Crippen LogP contribution in [0.3, 0.4) is 0 Å². The second-order valence-corrected chi connectivity index (χ2v) is 9.48. The molecular weight excluding hydrogens is 505 g/mol. The lowest BCUT2D eigenvalue weighted by Gasteiger charge is -2.32. The maximum absolute atomic E-state index is 13.0. The van der Waals surface area contributed by atoms with Gasteiger partial charge in [0, 0.05) is 32.7 Å². The Kier molecular flexibility index (Phi) is 10.7. The molecule has 1 aliphatic heterocycles. The number of rotatable bonds is 11. The van der Waals surface area contributed by atoms with Crippen LogP contribution in [0.5, 0.6) is 11.5 Å². The molecule has 0 saturated carbocycles. The number of amides is 1. The zero-order valence-electron chi connectivity index (χ0n) is 20.6. The molecule has 1 saturated heterocycles. The molecule has 8 nitrogen and oxygen atoms in total. The lowest BCUT2D eigenvalue weighted by Crippen LogP contribution is -2.45. The van der Waals surface area contributed by atoms with E-state index in [1.54, 1.807) is 6.92 Å². The second-order valence-electron chi connectivity index (χ2n) is 8.69. The van der Waals surface area contributed by atoms with Crippen molar-refractivity contribution in [2.24, 2.45) is 0 Å². The fourth-order valence-electron chi connectivity index (χ4n) is 3.93. The van der Waals surface area contributed by atoms with Gasteiger partial charge in [0.25, 0.3) is 5.91 Å². The van der Waals surface area contributed by atoms with Crippen molar-refractivity contribution >= 4 is 35.1 Å². The van der Waals surface area contributed by atoms with Crippen molar-refractivity contribution in [2.75, 3.05) is 53.0 Å². The van der Waals surface area contributed by atoms with E-state index in [-0.39, 0.29) is 28.0 Å². The lowest BCUT2D eigenvalue weighted by atomic mass is 10.0. The number of hydrogen-bond donors (Lipinski definition) is 2. The van der Waals surface area contributed by atoms with Gasteiger partial charge in [0.1, 0.15) is 17.7 Å². The van der Waals surface area contributed by atoms with Crippen molar-refractivity contribution in [2.45, 2.75) is 25.8 Å². The van der Waals surface area contributed by atoms with E-state index >= 15 is 0 Å². The highest BCUT2D eigenvalue weighted by Gasteiger charge is 2.27.